The van der Waals surface area contributed by atoms with Crippen LogP contribution in [0, 0.1) is 33.8 Å². The maximum Gasteiger partial charge on any atom is 0.271 e. The van der Waals surface area contributed by atoms with Crippen molar-refractivity contribution in [2.24, 2.45) is 23.7 Å². The second kappa shape index (κ2) is 14.5. The summed E-state index contributed by atoms with van der Waals surface area (Å²) < 4.78 is 11.6. The number of hydrazine groups is 1. The summed E-state index contributed by atoms with van der Waals surface area (Å²) in [6.45, 7) is 0. The molecular weight excluding hydrogens is 911 g/mol. The number of nitrogens with zero attached hydrogens (tertiary/aromatic N) is 3. The number of amides is 4. The lowest BCUT2D eigenvalue weighted by atomic mass is 9.49. The lowest BCUT2D eigenvalue weighted by Gasteiger charge is -2.51. The fraction of sp³-hybridized carbons (Fsp3) is 0.250. The second-order valence-corrected chi connectivity index (χ2v) is 16.6. The number of aromatic hydroxyl groups is 1. The Hall–Kier alpha value is -4.96. The summed E-state index contributed by atoms with van der Waals surface area (Å²) in [4.78, 5) is 71.5. The summed E-state index contributed by atoms with van der Waals surface area (Å²) in [7, 11) is 2.89. The zero-order chi connectivity index (χ0) is 40.7. The summed E-state index contributed by atoms with van der Waals surface area (Å²) in [5, 5.41) is 24.2. The van der Waals surface area contributed by atoms with Crippen molar-refractivity contribution in [3.63, 3.8) is 0 Å². The second-order valence-electron chi connectivity index (χ2n) is 14.1. The number of carbonyl (C=O) groups is 4. The molecule has 17 heteroatoms. The monoisotopic (exact) mass is 938 g/mol. The molecule has 13 nitrogen and oxygen atoms in total. The zero-order valence-electron chi connectivity index (χ0n) is 29.9. The highest BCUT2D eigenvalue weighted by Gasteiger charge is 2.70. The third kappa shape index (κ3) is 5.83. The van der Waals surface area contributed by atoms with Crippen LogP contribution in [0.1, 0.15) is 29.9 Å². The molecule has 0 aromatic heterocycles. The molecule has 292 valence electrons. The van der Waals surface area contributed by atoms with Crippen LogP contribution in [0.3, 0.4) is 0 Å². The van der Waals surface area contributed by atoms with Gasteiger partial charge in [-0.25, -0.2) is 4.90 Å². The largest absolute Gasteiger partial charge is 0.503 e. The molecule has 6 atom stereocenters. The molecule has 2 aliphatic heterocycles. The molecule has 3 fully saturated rings. The van der Waals surface area contributed by atoms with Crippen molar-refractivity contribution in [1.29, 1.82) is 0 Å². The minimum Gasteiger partial charge on any atom is -0.503 e. The van der Waals surface area contributed by atoms with Crippen LogP contribution >= 0.6 is 55.1 Å². The number of halogens is 4. The van der Waals surface area contributed by atoms with E-state index in [1.54, 1.807) is 42.5 Å². The number of non-ortho nitro benzene ring substituents is 1. The number of phenols is 1. The van der Waals surface area contributed by atoms with E-state index in [4.69, 9.17) is 32.7 Å². The van der Waals surface area contributed by atoms with E-state index in [1.807, 2.05) is 6.08 Å². The Kier molecular flexibility index (Phi) is 9.86. The van der Waals surface area contributed by atoms with E-state index < -0.39 is 63.6 Å². The summed E-state index contributed by atoms with van der Waals surface area (Å²) in [6.07, 6.45) is 1.94. The Balaban J connectivity index is 1.36. The molecular formula is C40H30Br2Cl2N4O9. The van der Waals surface area contributed by atoms with Crippen molar-refractivity contribution >= 4 is 95.8 Å². The van der Waals surface area contributed by atoms with Crippen LogP contribution in [0.2, 0.25) is 10.0 Å². The van der Waals surface area contributed by atoms with Crippen molar-refractivity contribution < 1.29 is 38.7 Å². The number of fused-ring (bicyclic) bond motifs is 4. The van der Waals surface area contributed by atoms with Gasteiger partial charge >= 0.3 is 0 Å². The number of hydrogen-bond donors (Lipinski definition) is 2. The lowest BCUT2D eigenvalue weighted by molar-refractivity contribution is -0.384. The standard InChI is InChI=1S/C40H30Br2Cl2N4O9/c1-56-22-9-6-18(7-10-22)40-27(37(51)47(39(40)53)45-29-13-8-19(43)14-28(29)44)16-25-23(32(40)26-17-30(57-2)35(49)34(42)33(26)41)11-12-24-31(25)38(52)46(36(24)50)20-4-3-5-21(15-20)48(54)55/h3-11,13-15,17,24-25,27,31-32,45,49H,12,16H2,1-2H3/t24-,25+,27-,31-,32+,40+/m0/s1. The molecule has 0 unspecified atom stereocenters. The van der Waals surface area contributed by atoms with Crippen molar-refractivity contribution in [1.82, 2.24) is 5.01 Å². The molecule has 2 aliphatic carbocycles. The Bertz CT molecular complexity index is 2470. The highest BCUT2D eigenvalue weighted by molar-refractivity contribution is 9.13. The predicted octanol–water partition coefficient (Wildman–Crippen LogP) is 8.34. The van der Waals surface area contributed by atoms with Gasteiger partial charge in [-0.15, -0.1) is 0 Å². The maximum atomic E-state index is 15.6. The number of methoxy groups -OCH3 is 2. The number of benzene rings is 4. The highest BCUT2D eigenvalue weighted by atomic mass is 79.9. The molecule has 4 aliphatic rings. The van der Waals surface area contributed by atoms with Gasteiger partial charge in [-0.3, -0.25) is 34.7 Å². The van der Waals surface area contributed by atoms with Gasteiger partial charge < -0.3 is 14.6 Å². The van der Waals surface area contributed by atoms with E-state index in [9.17, 15) is 24.8 Å². The number of nitrogens with one attached hydrogen (secondary N) is 1. The first-order chi connectivity index (χ1) is 27.2. The van der Waals surface area contributed by atoms with Gasteiger partial charge in [-0.2, -0.15) is 5.01 Å². The minimum atomic E-state index is -1.69. The fourth-order valence-corrected chi connectivity index (χ4v) is 10.6. The maximum absolute atomic E-state index is 15.6. The molecule has 0 bridgehead atoms. The SMILES string of the molecule is COc1ccc([C@@]23C(=O)N(Nc4ccc(Cl)cc4Cl)C(=O)[C@@H]2C[C@@H]2C(=CC[C@@H]4C(=O)N(c5cccc([N+](=O)[O-])c5)C(=O)[C@@H]42)[C@@H]3c2cc(OC)c(O)c(Br)c2Br)cc1. The van der Waals surface area contributed by atoms with Gasteiger partial charge in [-0.1, -0.05) is 53.1 Å². The molecule has 2 heterocycles. The third-order valence-electron chi connectivity index (χ3n) is 11.6. The van der Waals surface area contributed by atoms with Crippen LogP contribution in [-0.4, -0.2) is 52.9 Å². The van der Waals surface area contributed by atoms with Crippen LogP contribution in [-0.2, 0) is 24.6 Å². The van der Waals surface area contributed by atoms with Crippen LogP contribution in [0.5, 0.6) is 17.2 Å². The average molecular weight is 941 g/mol. The predicted molar refractivity (Wildman–Crippen MR) is 216 cm³/mol. The molecule has 2 saturated heterocycles. The average Bonchev–Trinajstić information content (AvgIpc) is 3.58. The van der Waals surface area contributed by atoms with Gasteiger partial charge in [0, 0.05) is 27.5 Å². The molecule has 0 radical (unpaired) electrons. The van der Waals surface area contributed by atoms with Crippen LogP contribution in [0.25, 0.3) is 0 Å². The van der Waals surface area contributed by atoms with Crippen LogP contribution in [0.4, 0.5) is 17.1 Å². The normalized spacial score (nSPS) is 25.2. The number of hydrogen-bond acceptors (Lipinski definition) is 10. The Morgan fingerprint density at radius 3 is 2.32 bits per heavy atom. The van der Waals surface area contributed by atoms with Crippen LogP contribution < -0.4 is 19.8 Å². The minimum absolute atomic E-state index is 0.0254. The quantitative estimate of drug-likeness (QED) is 0.0759. The summed E-state index contributed by atoms with van der Waals surface area (Å²) in [5.41, 5.74) is 2.81. The first-order valence-electron chi connectivity index (χ1n) is 17.6. The van der Waals surface area contributed by atoms with Crippen LogP contribution in [0.15, 0.2) is 93.4 Å². The van der Waals surface area contributed by atoms with Crippen molar-refractivity contribution in [3.8, 4) is 17.2 Å². The Labute approximate surface area is 351 Å². The molecule has 1 saturated carbocycles. The van der Waals surface area contributed by atoms with E-state index in [0.29, 0.717) is 31.9 Å². The number of rotatable bonds is 8. The van der Waals surface area contributed by atoms with Crippen molar-refractivity contribution in [3.05, 3.63) is 125 Å². The first kappa shape index (κ1) is 38.9. The topological polar surface area (TPSA) is 169 Å². The number of imide groups is 2. The van der Waals surface area contributed by atoms with Gasteiger partial charge in [0.25, 0.3) is 17.5 Å². The van der Waals surface area contributed by atoms with E-state index in [1.165, 1.54) is 44.6 Å². The number of anilines is 2. The van der Waals surface area contributed by atoms with E-state index in [-0.39, 0.29) is 50.9 Å². The van der Waals surface area contributed by atoms with E-state index in [2.05, 4.69) is 37.3 Å². The molecule has 57 heavy (non-hydrogen) atoms. The molecule has 8 rings (SSSR count). The lowest BCUT2D eigenvalue weighted by Crippen LogP contribution is -2.53. The molecule has 0 spiro atoms. The molecule has 4 amide bonds. The zero-order valence-corrected chi connectivity index (χ0v) is 34.6. The van der Waals surface area contributed by atoms with Crippen molar-refractivity contribution in [2.75, 3.05) is 24.5 Å². The number of ether oxygens (including phenoxy) is 2. The molecule has 4 aromatic carbocycles. The Morgan fingerprint density at radius 2 is 1.65 bits per heavy atom. The van der Waals surface area contributed by atoms with Gasteiger partial charge in [-0.05, 0) is 104 Å². The smallest absolute Gasteiger partial charge is 0.271 e. The molecule has 4 aromatic rings. The van der Waals surface area contributed by atoms with Gasteiger partial charge in [0.05, 0.1) is 63.2 Å². The van der Waals surface area contributed by atoms with Gasteiger partial charge in [0.1, 0.15) is 5.75 Å². The number of carbonyl (C=O) groups excluding carboxylic acids is 4. The number of nitro groups is 1. The number of allylic oxidation sites excluding steroid dienone is 2. The summed E-state index contributed by atoms with van der Waals surface area (Å²) in [6, 6.07) is 18.3. The van der Waals surface area contributed by atoms with E-state index in [0.717, 1.165) is 9.91 Å². The summed E-state index contributed by atoms with van der Waals surface area (Å²) >= 11 is 19.9. The third-order valence-corrected chi connectivity index (χ3v) is 14.3. The van der Waals surface area contributed by atoms with Gasteiger partial charge in [0.2, 0.25) is 11.8 Å². The number of nitro benzene ring substituents is 1. The molecule has 2 N–H and O–H groups in total. The van der Waals surface area contributed by atoms with Gasteiger partial charge in [0.15, 0.2) is 11.5 Å². The highest BCUT2D eigenvalue weighted by Crippen LogP contribution is 2.66. The van der Waals surface area contributed by atoms with Crippen molar-refractivity contribution in [2.45, 2.75) is 24.2 Å². The first-order valence-corrected chi connectivity index (χ1v) is 19.9. The number of phenolic OH excluding ortho intramolecular Hbond substituents is 1. The fourth-order valence-electron chi connectivity index (χ4n) is 9.17. The van der Waals surface area contributed by atoms with E-state index >= 15 is 9.59 Å². The Morgan fingerprint density at radius 1 is 0.912 bits per heavy atom. The summed E-state index contributed by atoms with van der Waals surface area (Å²) in [5.74, 6) is -6.69.